The van der Waals surface area contributed by atoms with Gasteiger partial charge in [-0.3, -0.25) is 4.79 Å². The van der Waals surface area contributed by atoms with E-state index >= 15 is 0 Å². The maximum Gasteiger partial charge on any atom is 0.259 e. The van der Waals surface area contributed by atoms with Gasteiger partial charge in [0, 0.05) is 31.7 Å². The molecule has 0 N–H and O–H groups in total. The molecule has 1 aliphatic heterocycles. The molecule has 6 heteroatoms. The van der Waals surface area contributed by atoms with Crippen LogP contribution in [0, 0.1) is 0 Å². The van der Waals surface area contributed by atoms with Crippen LogP contribution >= 0.6 is 0 Å². The highest BCUT2D eigenvalue weighted by molar-refractivity contribution is 5.96. The second-order valence-corrected chi connectivity index (χ2v) is 7.17. The molecule has 1 fully saturated rings. The van der Waals surface area contributed by atoms with Gasteiger partial charge in [-0.2, -0.15) is 4.98 Å². The number of hydrogen-bond donors (Lipinski definition) is 0. The van der Waals surface area contributed by atoms with Crippen molar-refractivity contribution in [3.8, 4) is 11.8 Å². The van der Waals surface area contributed by atoms with Gasteiger partial charge in [0.15, 0.2) is 0 Å². The quantitative estimate of drug-likeness (QED) is 0.736. The van der Waals surface area contributed by atoms with Crippen molar-refractivity contribution in [3.05, 3.63) is 53.6 Å². The van der Waals surface area contributed by atoms with E-state index in [-0.39, 0.29) is 5.91 Å². The summed E-state index contributed by atoms with van der Waals surface area (Å²) < 4.78 is 10.4. The molecule has 0 saturated carbocycles. The van der Waals surface area contributed by atoms with Gasteiger partial charge >= 0.3 is 0 Å². The van der Waals surface area contributed by atoms with Gasteiger partial charge in [0.05, 0.1) is 14.2 Å². The van der Waals surface area contributed by atoms with Gasteiger partial charge in [-0.15, -0.1) is 0 Å². The molecule has 0 spiro atoms. The van der Waals surface area contributed by atoms with Crippen molar-refractivity contribution in [1.29, 1.82) is 0 Å². The van der Waals surface area contributed by atoms with E-state index in [2.05, 4.69) is 41.2 Å². The summed E-state index contributed by atoms with van der Waals surface area (Å²) in [6.45, 7) is 2.46. The van der Waals surface area contributed by atoms with Crippen LogP contribution in [-0.4, -0.2) is 67.6 Å². The first kappa shape index (κ1) is 20.1. The fourth-order valence-electron chi connectivity index (χ4n) is 3.66. The molecular formula is C22H29N3O3. The zero-order valence-corrected chi connectivity index (χ0v) is 16.9. The second kappa shape index (κ2) is 9.55. The summed E-state index contributed by atoms with van der Waals surface area (Å²) >= 11 is 0. The number of carbonyl (C=O) groups is 1. The number of likely N-dealkylation sites (tertiary alicyclic amines) is 1. The standard InChI is InChI=1S/C22H29N3O3/c1-24(15-13-17-8-5-4-6-9-17)18-10-7-14-25(16-18)22(26)19-11-12-20(27-2)23-21(19)28-3/h4-6,8-9,11-12,18H,7,10,13-16H2,1-3H3/t18-/m1/s1. The fraction of sp³-hybridized carbons (Fsp3) is 0.455. The maximum absolute atomic E-state index is 13.1. The first-order valence-electron chi connectivity index (χ1n) is 9.75. The summed E-state index contributed by atoms with van der Waals surface area (Å²) in [5, 5.41) is 0. The van der Waals surface area contributed by atoms with Crippen LogP contribution in [-0.2, 0) is 6.42 Å². The highest BCUT2D eigenvalue weighted by atomic mass is 16.5. The predicted molar refractivity (Wildman–Crippen MR) is 109 cm³/mol. The average molecular weight is 383 g/mol. The number of hydrogen-bond acceptors (Lipinski definition) is 5. The molecule has 0 bridgehead atoms. The average Bonchev–Trinajstić information content (AvgIpc) is 2.77. The fourth-order valence-corrected chi connectivity index (χ4v) is 3.66. The Kier molecular flexibility index (Phi) is 6.87. The lowest BCUT2D eigenvalue weighted by Crippen LogP contribution is -2.49. The van der Waals surface area contributed by atoms with Gasteiger partial charge in [-0.05, 0) is 37.9 Å². The number of likely N-dealkylation sites (N-methyl/N-ethyl adjacent to an activating group) is 1. The van der Waals surface area contributed by atoms with Gasteiger partial charge in [-0.1, -0.05) is 30.3 Å². The number of methoxy groups -OCH3 is 2. The molecule has 0 radical (unpaired) electrons. The van der Waals surface area contributed by atoms with Crippen molar-refractivity contribution < 1.29 is 14.3 Å². The number of nitrogens with zero attached hydrogens (tertiary/aromatic N) is 3. The smallest absolute Gasteiger partial charge is 0.259 e. The highest BCUT2D eigenvalue weighted by Gasteiger charge is 2.28. The van der Waals surface area contributed by atoms with Crippen LogP contribution in [0.5, 0.6) is 11.8 Å². The topological polar surface area (TPSA) is 54.9 Å². The third-order valence-corrected chi connectivity index (χ3v) is 5.37. The Morgan fingerprint density at radius 3 is 2.68 bits per heavy atom. The summed E-state index contributed by atoms with van der Waals surface area (Å²) in [7, 11) is 5.22. The van der Waals surface area contributed by atoms with Crippen LogP contribution in [0.25, 0.3) is 0 Å². The van der Waals surface area contributed by atoms with E-state index in [4.69, 9.17) is 9.47 Å². The Morgan fingerprint density at radius 1 is 1.18 bits per heavy atom. The van der Waals surface area contributed by atoms with Crippen LogP contribution in [0.1, 0.15) is 28.8 Å². The molecule has 2 aromatic rings. The van der Waals surface area contributed by atoms with E-state index in [0.29, 0.717) is 23.4 Å². The second-order valence-electron chi connectivity index (χ2n) is 7.17. The molecule has 2 heterocycles. The lowest BCUT2D eigenvalue weighted by molar-refractivity contribution is 0.0607. The number of aromatic nitrogens is 1. The van der Waals surface area contributed by atoms with Gasteiger partial charge in [0.1, 0.15) is 5.56 Å². The molecule has 0 unspecified atom stereocenters. The van der Waals surface area contributed by atoms with Crippen LogP contribution in [0.4, 0.5) is 0 Å². The number of benzene rings is 1. The number of piperidine rings is 1. The largest absolute Gasteiger partial charge is 0.481 e. The van der Waals surface area contributed by atoms with Crippen LogP contribution in [0.2, 0.25) is 0 Å². The first-order valence-corrected chi connectivity index (χ1v) is 9.75. The number of ether oxygens (including phenoxy) is 2. The molecule has 1 aliphatic rings. The highest BCUT2D eigenvalue weighted by Crippen LogP contribution is 2.24. The summed E-state index contributed by atoms with van der Waals surface area (Å²) in [4.78, 5) is 21.6. The van der Waals surface area contributed by atoms with E-state index in [1.54, 1.807) is 19.2 Å². The zero-order valence-electron chi connectivity index (χ0n) is 16.9. The lowest BCUT2D eigenvalue weighted by atomic mass is 10.0. The van der Waals surface area contributed by atoms with Gasteiger partial charge in [0.2, 0.25) is 11.8 Å². The number of rotatable bonds is 7. The van der Waals surface area contributed by atoms with Crippen LogP contribution < -0.4 is 9.47 Å². The molecule has 1 aromatic carbocycles. The Hall–Kier alpha value is -2.60. The van der Waals surface area contributed by atoms with Crippen molar-refractivity contribution >= 4 is 5.91 Å². The lowest BCUT2D eigenvalue weighted by Gasteiger charge is -2.37. The SMILES string of the molecule is COc1ccc(C(=O)N2CCC[C@@H](N(C)CCc3ccccc3)C2)c(OC)n1. The molecule has 3 rings (SSSR count). The van der Waals surface area contributed by atoms with E-state index in [1.807, 2.05) is 11.0 Å². The Labute approximate surface area is 167 Å². The minimum Gasteiger partial charge on any atom is -0.481 e. The minimum absolute atomic E-state index is 0.0341. The molecule has 1 amide bonds. The van der Waals surface area contributed by atoms with Crippen molar-refractivity contribution in [2.24, 2.45) is 0 Å². The van der Waals surface area contributed by atoms with Gasteiger partial charge < -0.3 is 19.3 Å². The molecule has 6 nitrogen and oxygen atoms in total. The Morgan fingerprint density at radius 2 is 1.96 bits per heavy atom. The van der Waals surface area contributed by atoms with E-state index in [1.165, 1.54) is 12.7 Å². The molecule has 1 atom stereocenters. The molecule has 1 saturated heterocycles. The monoisotopic (exact) mass is 383 g/mol. The summed E-state index contributed by atoms with van der Waals surface area (Å²) in [5.41, 5.74) is 1.82. The third-order valence-electron chi connectivity index (χ3n) is 5.37. The van der Waals surface area contributed by atoms with Crippen LogP contribution in [0.15, 0.2) is 42.5 Å². The molecule has 0 aliphatic carbocycles. The Balaban J connectivity index is 1.63. The van der Waals surface area contributed by atoms with Crippen molar-refractivity contribution in [1.82, 2.24) is 14.8 Å². The minimum atomic E-state index is -0.0341. The maximum atomic E-state index is 13.1. The summed E-state index contributed by atoms with van der Waals surface area (Å²) in [6, 6.07) is 14.3. The van der Waals surface area contributed by atoms with Crippen molar-refractivity contribution in [3.63, 3.8) is 0 Å². The molecular weight excluding hydrogens is 354 g/mol. The van der Waals surface area contributed by atoms with Crippen LogP contribution in [0.3, 0.4) is 0 Å². The zero-order chi connectivity index (χ0) is 19.9. The van der Waals surface area contributed by atoms with E-state index in [9.17, 15) is 4.79 Å². The molecule has 1 aromatic heterocycles. The third kappa shape index (κ3) is 4.81. The Bertz CT molecular complexity index is 782. The number of pyridine rings is 1. The number of amides is 1. The number of carbonyl (C=O) groups excluding carboxylic acids is 1. The van der Waals surface area contributed by atoms with Crippen molar-refractivity contribution in [2.45, 2.75) is 25.3 Å². The normalized spacial score (nSPS) is 16.9. The van der Waals surface area contributed by atoms with Gasteiger partial charge in [-0.25, -0.2) is 0 Å². The predicted octanol–water partition coefficient (Wildman–Crippen LogP) is 2.88. The van der Waals surface area contributed by atoms with E-state index in [0.717, 1.165) is 38.9 Å². The first-order chi connectivity index (χ1) is 13.6. The summed E-state index contributed by atoms with van der Waals surface area (Å²) in [6.07, 6.45) is 3.11. The van der Waals surface area contributed by atoms with Crippen molar-refractivity contribution in [2.75, 3.05) is 40.9 Å². The molecule has 28 heavy (non-hydrogen) atoms. The molecule has 150 valence electrons. The van der Waals surface area contributed by atoms with E-state index < -0.39 is 0 Å². The summed E-state index contributed by atoms with van der Waals surface area (Å²) in [5.74, 6) is 0.711. The van der Waals surface area contributed by atoms with Gasteiger partial charge in [0.25, 0.3) is 5.91 Å².